The summed E-state index contributed by atoms with van der Waals surface area (Å²) in [6.07, 6.45) is -4.59. The fourth-order valence-corrected chi connectivity index (χ4v) is 4.61. The molecular formula is C21H20F3N3O3S. The Labute approximate surface area is 180 Å². The van der Waals surface area contributed by atoms with Gasteiger partial charge >= 0.3 is 6.18 Å². The Hall–Kier alpha value is -2.69. The maximum atomic E-state index is 13.4. The lowest BCUT2D eigenvalue weighted by Crippen LogP contribution is -2.48. The van der Waals surface area contributed by atoms with Gasteiger partial charge in [0.1, 0.15) is 5.70 Å². The first-order valence-electron chi connectivity index (χ1n) is 9.73. The third-order valence-electron chi connectivity index (χ3n) is 5.36. The number of benzene rings is 1. The third-order valence-corrected chi connectivity index (χ3v) is 6.25. The maximum Gasteiger partial charge on any atom is 0.416 e. The summed E-state index contributed by atoms with van der Waals surface area (Å²) in [5, 5.41) is 10.9. The van der Waals surface area contributed by atoms with Crippen LogP contribution < -0.4 is 4.90 Å². The van der Waals surface area contributed by atoms with E-state index < -0.39 is 23.6 Å². The second-order valence-electron chi connectivity index (χ2n) is 7.25. The van der Waals surface area contributed by atoms with E-state index in [-0.39, 0.29) is 23.6 Å². The zero-order valence-corrected chi connectivity index (χ0v) is 17.2. The van der Waals surface area contributed by atoms with E-state index in [4.69, 9.17) is 5.11 Å². The Bertz CT molecular complexity index is 1010. The number of hydrogen-bond acceptors (Lipinski definition) is 6. The fraction of sp³-hybridized carbons (Fsp3) is 0.333. The zero-order valence-electron chi connectivity index (χ0n) is 16.4. The normalized spacial score (nSPS) is 18.5. The highest BCUT2D eigenvalue weighted by Crippen LogP contribution is 2.38. The van der Waals surface area contributed by atoms with Crippen LogP contribution in [0, 0.1) is 0 Å². The molecule has 0 aliphatic carbocycles. The van der Waals surface area contributed by atoms with Crippen molar-refractivity contribution in [3.8, 4) is 0 Å². The number of nitrogens with zero attached hydrogens (tertiary/aromatic N) is 3. The number of aliphatic hydroxyl groups excluding tert-OH is 1. The number of alkyl halides is 3. The molecule has 164 valence electrons. The number of carbonyl (C=O) groups is 2. The number of hydrogen-bond donors (Lipinski definition) is 1. The summed E-state index contributed by atoms with van der Waals surface area (Å²) in [7, 11) is 0. The Kier molecular flexibility index (Phi) is 5.87. The minimum absolute atomic E-state index is 0.0316. The van der Waals surface area contributed by atoms with Crippen LogP contribution in [-0.4, -0.2) is 66.1 Å². The molecule has 1 saturated heterocycles. The number of thiophene rings is 1. The topological polar surface area (TPSA) is 64.1 Å². The number of piperazine rings is 1. The summed E-state index contributed by atoms with van der Waals surface area (Å²) < 4.78 is 39.6. The molecule has 1 fully saturated rings. The van der Waals surface area contributed by atoms with E-state index in [2.05, 4.69) is 0 Å². The molecule has 10 heteroatoms. The Morgan fingerprint density at radius 3 is 2.35 bits per heavy atom. The van der Waals surface area contributed by atoms with Crippen molar-refractivity contribution in [2.24, 2.45) is 0 Å². The highest BCUT2D eigenvalue weighted by molar-refractivity contribution is 7.11. The zero-order chi connectivity index (χ0) is 22.2. The number of amides is 2. The molecule has 2 amide bonds. The number of halogens is 3. The van der Waals surface area contributed by atoms with Crippen LogP contribution in [0.2, 0.25) is 0 Å². The largest absolute Gasteiger partial charge is 0.416 e. The van der Waals surface area contributed by atoms with Gasteiger partial charge in [-0.1, -0.05) is 12.1 Å². The van der Waals surface area contributed by atoms with E-state index in [1.807, 2.05) is 9.80 Å². The molecule has 1 aromatic carbocycles. The standard InChI is InChI=1S/C21H20F3N3O3S/c22-21(23,24)14-3-1-4-15(13-14)27-19(29)17(16-5-2-12-31-16)18(20(27)30)26-8-6-25(7-9-26)10-11-28/h1-5,12-13,28H,6-11H2. The number of carbonyl (C=O) groups excluding carboxylic acids is 2. The van der Waals surface area contributed by atoms with Gasteiger partial charge in [-0.2, -0.15) is 13.2 Å². The molecule has 6 nitrogen and oxygen atoms in total. The third kappa shape index (κ3) is 4.10. The van der Waals surface area contributed by atoms with Gasteiger partial charge in [0.25, 0.3) is 11.8 Å². The van der Waals surface area contributed by atoms with Gasteiger partial charge in [-0.15, -0.1) is 11.3 Å². The van der Waals surface area contributed by atoms with Gasteiger partial charge in [0, 0.05) is 37.6 Å². The monoisotopic (exact) mass is 451 g/mol. The number of β-amino-alcohol motifs (C(OH)–C–C–N with tert-alkyl or cyclic N) is 1. The number of anilines is 1. The molecule has 4 rings (SSSR count). The Morgan fingerprint density at radius 1 is 1.00 bits per heavy atom. The molecule has 2 aromatic rings. The molecule has 2 aliphatic rings. The molecule has 0 radical (unpaired) electrons. The van der Waals surface area contributed by atoms with Crippen LogP contribution in [0.15, 0.2) is 47.5 Å². The highest BCUT2D eigenvalue weighted by Gasteiger charge is 2.44. The summed E-state index contributed by atoms with van der Waals surface area (Å²) in [6.45, 7) is 2.71. The molecule has 0 spiro atoms. The summed E-state index contributed by atoms with van der Waals surface area (Å²) in [4.78, 5) is 32.0. The molecule has 0 atom stereocenters. The van der Waals surface area contributed by atoms with E-state index >= 15 is 0 Å². The first-order chi connectivity index (χ1) is 14.8. The van der Waals surface area contributed by atoms with Gasteiger partial charge < -0.3 is 10.0 Å². The molecule has 31 heavy (non-hydrogen) atoms. The summed E-state index contributed by atoms with van der Waals surface area (Å²) in [5.74, 6) is -1.25. The van der Waals surface area contributed by atoms with Gasteiger partial charge in [0.2, 0.25) is 0 Å². The van der Waals surface area contributed by atoms with Gasteiger partial charge in [0.05, 0.1) is 23.4 Å². The van der Waals surface area contributed by atoms with Crippen molar-refractivity contribution in [3.63, 3.8) is 0 Å². The van der Waals surface area contributed by atoms with E-state index in [0.717, 1.165) is 17.0 Å². The fourth-order valence-electron chi connectivity index (χ4n) is 3.85. The van der Waals surface area contributed by atoms with Gasteiger partial charge in [-0.05, 0) is 29.6 Å². The average Bonchev–Trinajstić information content (AvgIpc) is 3.34. The summed E-state index contributed by atoms with van der Waals surface area (Å²) in [6, 6.07) is 7.74. The first kappa shape index (κ1) is 21.5. The number of aliphatic hydroxyl groups is 1. The smallest absolute Gasteiger partial charge is 0.395 e. The predicted molar refractivity (Wildman–Crippen MR) is 110 cm³/mol. The molecule has 1 N–H and O–H groups in total. The molecule has 2 aliphatic heterocycles. The van der Waals surface area contributed by atoms with Crippen LogP contribution in [0.25, 0.3) is 5.57 Å². The van der Waals surface area contributed by atoms with Crippen LogP contribution in [0.4, 0.5) is 18.9 Å². The van der Waals surface area contributed by atoms with Crippen molar-refractivity contribution in [1.29, 1.82) is 0 Å². The lowest BCUT2D eigenvalue weighted by Gasteiger charge is -2.36. The van der Waals surface area contributed by atoms with Crippen molar-refractivity contribution in [3.05, 3.63) is 57.9 Å². The summed E-state index contributed by atoms with van der Waals surface area (Å²) >= 11 is 1.30. The molecule has 1 aromatic heterocycles. The van der Waals surface area contributed by atoms with Crippen molar-refractivity contribution in [2.75, 3.05) is 44.2 Å². The Morgan fingerprint density at radius 2 is 1.74 bits per heavy atom. The highest BCUT2D eigenvalue weighted by atomic mass is 32.1. The van der Waals surface area contributed by atoms with Crippen molar-refractivity contribution in [1.82, 2.24) is 9.80 Å². The van der Waals surface area contributed by atoms with Gasteiger partial charge in [-0.25, -0.2) is 4.90 Å². The predicted octanol–water partition coefficient (Wildman–Crippen LogP) is 2.66. The SMILES string of the molecule is O=C1C(c2cccs2)=C(N2CCN(CCO)CC2)C(=O)N1c1cccc(C(F)(F)F)c1. The molecule has 3 heterocycles. The van der Waals surface area contributed by atoms with Crippen molar-refractivity contribution in [2.45, 2.75) is 6.18 Å². The minimum Gasteiger partial charge on any atom is -0.395 e. The van der Waals surface area contributed by atoms with Crippen molar-refractivity contribution < 1.29 is 27.9 Å². The van der Waals surface area contributed by atoms with Crippen LogP contribution >= 0.6 is 11.3 Å². The van der Waals surface area contributed by atoms with Crippen LogP contribution in [0.3, 0.4) is 0 Å². The van der Waals surface area contributed by atoms with E-state index in [9.17, 15) is 22.8 Å². The van der Waals surface area contributed by atoms with Gasteiger partial charge in [0.15, 0.2) is 0 Å². The lowest BCUT2D eigenvalue weighted by molar-refractivity contribution is -0.137. The molecule has 0 unspecified atom stereocenters. The van der Waals surface area contributed by atoms with Crippen LogP contribution in [-0.2, 0) is 15.8 Å². The second kappa shape index (κ2) is 8.45. The van der Waals surface area contributed by atoms with E-state index in [0.29, 0.717) is 37.6 Å². The van der Waals surface area contributed by atoms with E-state index in [1.165, 1.54) is 23.5 Å². The average molecular weight is 451 g/mol. The number of imide groups is 1. The van der Waals surface area contributed by atoms with E-state index in [1.54, 1.807) is 17.5 Å². The Balaban J connectivity index is 1.71. The second-order valence-corrected chi connectivity index (χ2v) is 8.19. The minimum atomic E-state index is -4.59. The lowest BCUT2D eigenvalue weighted by atomic mass is 10.1. The molecular weight excluding hydrogens is 431 g/mol. The maximum absolute atomic E-state index is 13.4. The van der Waals surface area contributed by atoms with Crippen molar-refractivity contribution >= 4 is 34.4 Å². The summed E-state index contributed by atoms with van der Waals surface area (Å²) in [5.41, 5.74) is -0.594. The number of rotatable bonds is 5. The quantitative estimate of drug-likeness (QED) is 0.709. The first-order valence-corrected chi connectivity index (χ1v) is 10.6. The van der Waals surface area contributed by atoms with Gasteiger partial charge in [-0.3, -0.25) is 14.5 Å². The molecule has 0 bridgehead atoms. The molecule has 0 saturated carbocycles. The van der Waals surface area contributed by atoms with Crippen LogP contribution in [0.1, 0.15) is 10.4 Å². The van der Waals surface area contributed by atoms with Crippen LogP contribution in [0.5, 0.6) is 0 Å².